The van der Waals surface area contributed by atoms with Gasteiger partial charge in [0.2, 0.25) is 0 Å². The van der Waals surface area contributed by atoms with Crippen LogP contribution in [0.25, 0.3) is 0 Å². The van der Waals surface area contributed by atoms with E-state index in [0.29, 0.717) is 0 Å². The third-order valence-corrected chi connectivity index (χ3v) is 7.89. The minimum atomic E-state index is 0.819. The largest absolute Gasteiger partial charge is 0.317 e. The molecule has 3 heteroatoms. The van der Waals surface area contributed by atoms with Gasteiger partial charge in [0.15, 0.2) is 0 Å². The highest BCUT2D eigenvalue weighted by atomic mass is 14.8. The summed E-state index contributed by atoms with van der Waals surface area (Å²) in [6.07, 6.45) is 18.3. The van der Waals surface area contributed by atoms with Crippen LogP contribution in [-0.4, -0.2) is 37.6 Å². The van der Waals surface area contributed by atoms with Crippen LogP contribution >= 0.6 is 0 Å². The lowest BCUT2D eigenvalue weighted by Gasteiger charge is -2.14. The van der Waals surface area contributed by atoms with Crippen LogP contribution in [0.3, 0.4) is 0 Å². The van der Waals surface area contributed by atoms with Crippen molar-refractivity contribution in [3.63, 3.8) is 0 Å². The lowest BCUT2D eigenvalue weighted by Crippen LogP contribution is -2.20. The van der Waals surface area contributed by atoms with Gasteiger partial charge in [-0.15, -0.1) is 0 Å². The molecule has 2 aliphatic rings. The van der Waals surface area contributed by atoms with Crippen LogP contribution in [0, 0.1) is 23.7 Å². The molecule has 0 spiro atoms. The minimum absolute atomic E-state index is 0.819. The molecule has 0 aromatic carbocycles. The van der Waals surface area contributed by atoms with Crippen molar-refractivity contribution in [3.8, 4) is 0 Å². The summed E-state index contributed by atoms with van der Waals surface area (Å²) in [6, 6.07) is 0. The molecule has 31 heavy (non-hydrogen) atoms. The van der Waals surface area contributed by atoms with Crippen LogP contribution < -0.4 is 5.32 Å². The molecule has 180 valence electrons. The highest BCUT2D eigenvalue weighted by Crippen LogP contribution is 2.26. The first kappa shape index (κ1) is 26.6. The first-order valence-corrected chi connectivity index (χ1v) is 13.9. The van der Waals surface area contributed by atoms with Crippen molar-refractivity contribution in [3.05, 3.63) is 0 Å². The molecule has 0 bridgehead atoms. The molecule has 0 heterocycles. The number of hydrogen-bond donors (Lipinski definition) is 1. The van der Waals surface area contributed by atoms with Crippen molar-refractivity contribution in [1.82, 2.24) is 5.32 Å². The fourth-order valence-corrected chi connectivity index (χ4v) is 5.26. The molecule has 2 fully saturated rings. The summed E-state index contributed by atoms with van der Waals surface area (Å²) >= 11 is 0. The van der Waals surface area contributed by atoms with Gasteiger partial charge in [-0.25, -0.2) is 0 Å². The molecule has 2 saturated carbocycles. The Labute approximate surface area is 194 Å². The van der Waals surface area contributed by atoms with Crippen LogP contribution in [0.1, 0.15) is 118 Å². The summed E-state index contributed by atoms with van der Waals surface area (Å²) < 4.78 is 0. The van der Waals surface area contributed by atoms with Crippen LogP contribution in [0.5, 0.6) is 0 Å². The zero-order valence-corrected chi connectivity index (χ0v) is 21.4. The normalized spacial score (nSPS) is 26.2. The summed E-state index contributed by atoms with van der Waals surface area (Å²) in [4.78, 5) is 9.75. The summed E-state index contributed by atoms with van der Waals surface area (Å²) in [5, 5.41) is 3.68. The maximum Gasteiger partial charge on any atom is 0.0388 e. The SMILES string of the molecule is CCC1CCC(=NCCCC(C)CCNCCC(C)CCCN=C2CCC(CC)C2)C1. The van der Waals surface area contributed by atoms with Crippen LogP contribution in [0.4, 0.5) is 0 Å². The van der Waals surface area contributed by atoms with E-state index in [1.54, 1.807) is 0 Å². The molecule has 0 radical (unpaired) electrons. The molecule has 4 unspecified atom stereocenters. The number of nitrogens with one attached hydrogen (secondary N) is 1. The standard InChI is InChI=1S/C28H53N3/c1-5-25-11-13-27(21-25)30-17-7-9-23(3)15-19-29-20-16-24(4)10-8-18-31-28-14-12-26(6-2)22-28/h23-26,29H,5-22H2,1-4H3. The lowest BCUT2D eigenvalue weighted by molar-refractivity contribution is 0.429. The van der Waals surface area contributed by atoms with E-state index in [9.17, 15) is 0 Å². The van der Waals surface area contributed by atoms with E-state index in [-0.39, 0.29) is 0 Å². The zero-order valence-electron chi connectivity index (χ0n) is 21.4. The fraction of sp³-hybridized carbons (Fsp3) is 0.929. The molecular formula is C28H53N3. The Hall–Kier alpha value is -0.700. The van der Waals surface area contributed by atoms with Gasteiger partial charge in [-0.3, -0.25) is 9.98 Å². The van der Waals surface area contributed by atoms with E-state index >= 15 is 0 Å². The van der Waals surface area contributed by atoms with Gasteiger partial charge in [-0.05, 0) is 114 Å². The van der Waals surface area contributed by atoms with Gasteiger partial charge in [-0.1, -0.05) is 40.5 Å². The van der Waals surface area contributed by atoms with E-state index < -0.39 is 0 Å². The predicted molar refractivity (Wildman–Crippen MR) is 139 cm³/mol. The molecule has 4 atom stereocenters. The topological polar surface area (TPSA) is 36.8 Å². The van der Waals surface area contributed by atoms with Gasteiger partial charge in [0, 0.05) is 24.5 Å². The molecule has 0 amide bonds. The second-order valence-corrected chi connectivity index (χ2v) is 10.8. The van der Waals surface area contributed by atoms with Crippen molar-refractivity contribution in [2.45, 2.75) is 118 Å². The maximum absolute atomic E-state index is 4.88. The number of rotatable bonds is 16. The van der Waals surface area contributed by atoms with E-state index in [1.165, 1.54) is 114 Å². The van der Waals surface area contributed by atoms with Gasteiger partial charge in [0.25, 0.3) is 0 Å². The Balaban J connectivity index is 1.38. The quantitative estimate of drug-likeness (QED) is 0.252. The molecule has 2 aliphatic carbocycles. The highest BCUT2D eigenvalue weighted by Gasteiger charge is 2.19. The molecule has 0 aromatic heterocycles. The molecule has 1 N–H and O–H groups in total. The third kappa shape index (κ3) is 11.6. The number of hydrogen-bond acceptors (Lipinski definition) is 3. The van der Waals surface area contributed by atoms with Crippen molar-refractivity contribution in [1.29, 1.82) is 0 Å². The Kier molecular flexibility index (Phi) is 13.7. The van der Waals surface area contributed by atoms with Crippen molar-refractivity contribution in [2.24, 2.45) is 33.7 Å². The Morgan fingerprint density at radius 1 is 0.742 bits per heavy atom. The highest BCUT2D eigenvalue weighted by molar-refractivity contribution is 5.86. The fourth-order valence-electron chi connectivity index (χ4n) is 5.26. The zero-order chi connectivity index (χ0) is 22.3. The Bertz CT molecular complexity index is 478. The van der Waals surface area contributed by atoms with Gasteiger partial charge in [0.05, 0.1) is 0 Å². The second kappa shape index (κ2) is 16.0. The predicted octanol–water partition coefficient (Wildman–Crippen LogP) is 7.49. The summed E-state index contributed by atoms with van der Waals surface area (Å²) in [6.45, 7) is 13.9. The van der Waals surface area contributed by atoms with Gasteiger partial charge < -0.3 is 5.32 Å². The van der Waals surface area contributed by atoms with Gasteiger partial charge >= 0.3 is 0 Å². The molecule has 0 aliphatic heterocycles. The number of nitrogens with zero attached hydrogens (tertiary/aromatic N) is 2. The summed E-state index contributed by atoms with van der Waals surface area (Å²) in [5.74, 6) is 3.48. The monoisotopic (exact) mass is 431 g/mol. The van der Waals surface area contributed by atoms with E-state index in [4.69, 9.17) is 9.98 Å². The maximum atomic E-state index is 4.88. The van der Waals surface area contributed by atoms with E-state index in [0.717, 1.165) is 36.8 Å². The van der Waals surface area contributed by atoms with E-state index in [1.807, 2.05) is 0 Å². The Morgan fingerprint density at radius 3 is 1.58 bits per heavy atom. The molecule has 2 rings (SSSR count). The van der Waals surface area contributed by atoms with Gasteiger partial charge in [0.1, 0.15) is 0 Å². The van der Waals surface area contributed by atoms with Crippen LogP contribution in [0.2, 0.25) is 0 Å². The minimum Gasteiger partial charge on any atom is -0.317 e. The number of aliphatic imine (C=N–C) groups is 2. The Morgan fingerprint density at radius 2 is 1.19 bits per heavy atom. The molecular weight excluding hydrogens is 378 g/mol. The molecule has 0 aromatic rings. The smallest absolute Gasteiger partial charge is 0.0388 e. The first-order chi connectivity index (χ1) is 15.1. The second-order valence-electron chi connectivity index (χ2n) is 10.8. The van der Waals surface area contributed by atoms with Crippen molar-refractivity contribution in [2.75, 3.05) is 26.2 Å². The lowest BCUT2D eigenvalue weighted by atomic mass is 10.0. The average Bonchev–Trinajstić information content (AvgIpc) is 3.43. The molecule has 3 nitrogen and oxygen atoms in total. The van der Waals surface area contributed by atoms with Gasteiger partial charge in [-0.2, -0.15) is 0 Å². The van der Waals surface area contributed by atoms with Crippen molar-refractivity contribution < 1.29 is 0 Å². The van der Waals surface area contributed by atoms with E-state index in [2.05, 4.69) is 33.0 Å². The third-order valence-electron chi connectivity index (χ3n) is 7.89. The van der Waals surface area contributed by atoms with Crippen molar-refractivity contribution >= 4 is 11.4 Å². The van der Waals surface area contributed by atoms with Crippen LogP contribution in [0.15, 0.2) is 9.98 Å². The summed E-state index contributed by atoms with van der Waals surface area (Å²) in [5.41, 5.74) is 3.01. The van der Waals surface area contributed by atoms with Crippen LogP contribution in [-0.2, 0) is 0 Å². The average molecular weight is 432 g/mol. The molecule has 0 saturated heterocycles. The first-order valence-electron chi connectivity index (χ1n) is 13.9. The summed E-state index contributed by atoms with van der Waals surface area (Å²) in [7, 11) is 0.